The van der Waals surface area contributed by atoms with Crippen molar-refractivity contribution in [3.63, 3.8) is 0 Å². The third kappa shape index (κ3) is 7.96. The van der Waals surface area contributed by atoms with Gasteiger partial charge in [0.25, 0.3) is 0 Å². The number of hydrogen-bond acceptors (Lipinski definition) is 4. The summed E-state index contributed by atoms with van der Waals surface area (Å²) in [5.41, 5.74) is 0.0628. The first kappa shape index (κ1) is 22.4. The molecular weight excluding hydrogens is 338 g/mol. The predicted molar refractivity (Wildman–Crippen MR) is 115 cm³/mol. The highest BCUT2D eigenvalue weighted by Crippen LogP contribution is 2.21. The third-order valence-corrected chi connectivity index (χ3v) is 6.01. The Morgan fingerprint density at radius 2 is 1.85 bits per heavy atom. The zero-order valence-corrected chi connectivity index (χ0v) is 18.2. The van der Waals surface area contributed by atoms with E-state index >= 15 is 0 Å². The average molecular weight is 382 g/mol. The molecule has 2 N–H and O–H groups in total. The van der Waals surface area contributed by atoms with Crippen molar-refractivity contribution in [3.05, 3.63) is 0 Å². The fourth-order valence-electron chi connectivity index (χ4n) is 4.12. The smallest absolute Gasteiger partial charge is 0.191 e. The van der Waals surface area contributed by atoms with Gasteiger partial charge in [0.1, 0.15) is 0 Å². The fourth-order valence-corrected chi connectivity index (χ4v) is 4.12. The minimum absolute atomic E-state index is 0.0628. The summed E-state index contributed by atoms with van der Waals surface area (Å²) < 4.78 is 5.48. The Morgan fingerprint density at radius 3 is 2.52 bits per heavy atom. The van der Waals surface area contributed by atoms with E-state index in [4.69, 9.17) is 9.73 Å². The van der Waals surface area contributed by atoms with Gasteiger partial charge in [0.15, 0.2) is 5.96 Å². The number of nitrogens with one attached hydrogen (secondary N) is 2. The lowest BCUT2D eigenvalue weighted by atomic mass is 9.94. The van der Waals surface area contributed by atoms with Crippen molar-refractivity contribution in [1.82, 2.24) is 20.4 Å². The van der Waals surface area contributed by atoms with Gasteiger partial charge in [-0.25, -0.2) is 0 Å². The quantitative estimate of drug-likeness (QED) is 0.365. The van der Waals surface area contributed by atoms with Crippen LogP contribution in [0.3, 0.4) is 0 Å². The second-order valence-corrected chi connectivity index (χ2v) is 8.66. The van der Waals surface area contributed by atoms with Gasteiger partial charge in [-0.3, -0.25) is 9.89 Å². The second-order valence-electron chi connectivity index (χ2n) is 8.66. The Bertz CT molecular complexity index is 428. The SMILES string of the molecule is CCNC(=NCC(C)(C)N1CCOCC1)NCCCN(C)C1CCCCC1. The van der Waals surface area contributed by atoms with Crippen LogP contribution in [0.15, 0.2) is 4.99 Å². The normalized spacial score (nSPS) is 20.9. The Morgan fingerprint density at radius 1 is 1.15 bits per heavy atom. The molecule has 0 atom stereocenters. The van der Waals surface area contributed by atoms with Crippen LogP contribution < -0.4 is 10.6 Å². The summed E-state index contributed by atoms with van der Waals surface area (Å²) in [4.78, 5) is 9.92. The van der Waals surface area contributed by atoms with E-state index in [0.29, 0.717) is 0 Å². The molecule has 0 spiro atoms. The lowest BCUT2D eigenvalue weighted by Gasteiger charge is -2.39. The van der Waals surface area contributed by atoms with Gasteiger partial charge < -0.3 is 20.3 Å². The zero-order chi connectivity index (χ0) is 19.5. The Balaban J connectivity index is 1.72. The summed E-state index contributed by atoms with van der Waals surface area (Å²) in [6.45, 7) is 14.2. The molecule has 1 heterocycles. The summed E-state index contributed by atoms with van der Waals surface area (Å²) in [6, 6.07) is 0.801. The topological polar surface area (TPSA) is 52.1 Å². The van der Waals surface area contributed by atoms with Crippen LogP contribution in [0.25, 0.3) is 0 Å². The lowest BCUT2D eigenvalue weighted by molar-refractivity contribution is -0.00683. The number of hydrogen-bond donors (Lipinski definition) is 2. The molecule has 27 heavy (non-hydrogen) atoms. The number of rotatable bonds is 9. The zero-order valence-electron chi connectivity index (χ0n) is 18.2. The van der Waals surface area contributed by atoms with Gasteiger partial charge in [0.05, 0.1) is 19.8 Å². The molecule has 158 valence electrons. The van der Waals surface area contributed by atoms with E-state index in [0.717, 1.165) is 70.9 Å². The Kier molecular flexibility index (Phi) is 9.87. The molecule has 0 aromatic rings. The van der Waals surface area contributed by atoms with Gasteiger partial charge in [-0.2, -0.15) is 0 Å². The maximum atomic E-state index is 5.48. The molecule has 0 bridgehead atoms. The average Bonchev–Trinajstić information content (AvgIpc) is 2.70. The Labute approximate surface area is 167 Å². The number of morpholine rings is 1. The molecular formula is C21H43N5O. The van der Waals surface area contributed by atoms with Crippen LogP contribution in [-0.2, 0) is 4.74 Å². The lowest BCUT2D eigenvalue weighted by Crippen LogP contribution is -2.52. The molecule has 1 saturated carbocycles. The molecule has 1 saturated heterocycles. The third-order valence-electron chi connectivity index (χ3n) is 6.01. The highest BCUT2D eigenvalue weighted by molar-refractivity contribution is 5.79. The first-order chi connectivity index (χ1) is 13.0. The summed E-state index contributed by atoms with van der Waals surface area (Å²) >= 11 is 0. The van der Waals surface area contributed by atoms with Crippen LogP contribution in [0.5, 0.6) is 0 Å². The van der Waals surface area contributed by atoms with E-state index in [1.807, 2.05) is 0 Å². The highest BCUT2D eigenvalue weighted by atomic mass is 16.5. The summed E-state index contributed by atoms with van der Waals surface area (Å²) in [5.74, 6) is 0.944. The monoisotopic (exact) mass is 381 g/mol. The summed E-state index contributed by atoms with van der Waals surface area (Å²) in [6.07, 6.45) is 8.15. The number of ether oxygens (including phenoxy) is 1. The van der Waals surface area contributed by atoms with Gasteiger partial charge in [0, 0.05) is 37.8 Å². The van der Waals surface area contributed by atoms with E-state index in [1.165, 1.54) is 32.1 Å². The van der Waals surface area contributed by atoms with Crippen molar-refractivity contribution < 1.29 is 4.74 Å². The molecule has 0 radical (unpaired) electrons. The molecule has 0 amide bonds. The first-order valence-electron chi connectivity index (χ1n) is 11.1. The Hall–Kier alpha value is -0.850. The molecule has 0 unspecified atom stereocenters. The maximum absolute atomic E-state index is 5.48. The minimum Gasteiger partial charge on any atom is -0.379 e. The van der Waals surface area contributed by atoms with E-state index in [-0.39, 0.29) is 5.54 Å². The van der Waals surface area contributed by atoms with E-state index in [2.05, 4.69) is 48.3 Å². The predicted octanol–water partition coefficient (Wildman–Crippen LogP) is 2.31. The van der Waals surface area contributed by atoms with Crippen molar-refractivity contribution in [3.8, 4) is 0 Å². The van der Waals surface area contributed by atoms with Gasteiger partial charge in [0.2, 0.25) is 0 Å². The molecule has 2 rings (SSSR count). The molecule has 2 fully saturated rings. The van der Waals surface area contributed by atoms with Crippen molar-refractivity contribution in [2.24, 2.45) is 4.99 Å². The standard InChI is InChI=1S/C21H43N5O/c1-5-22-20(24-18-21(2,3)26-14-16-27-17-15-26)23-12-9-13-25(4)19-10-7-6-8-11-19/h19H,5-18H2,1-4H3,(H2,22,23,24). The van der Waals surface area contributed by atoms with Crippen molar-refractivity contribution in [2.75, 3.05) is 59.5 Å². The van der Waals surface area contributed by atoms with Crippen molar-refractivity contribution >= 4 is 5.96 Å². The van der Waals surface area contributed by atoms with E-state index < -0.39 is 0 Å². The minimum atomic E-state index is 0.0628. The van der Waals surface area contributed by atoms with Gasteiger partial charge in [-0.1, -0.05) is 19.3 Å². The fraction of sp³-hybridized carbons (Fsp3) is 0.952. The number of nitrogens with zero attached hydrogens (tertiary/aromatic N) is 3. The molecule has 0 aromatic heterocycles. The van der Waals surface area contributed by atoms with Gasteiger partial charge in [-0.15, -0.1) is 0 Å². The molecule has 1 aliphatic heterocycles. The van der Waals surface area contributed by atoms with Crippen LogP contribution in [0.1, 0.15) is 59.3 Å². The molecule has 2 aliphatic rings. The molecule has 0 aromatic carbocycles. The van der Waals surface area contributed by atoms with Gasteiger partial charge in [-0.05, 0) is 53.6 Å². The summed E-state index contributed by atoms with van der Waals surface area (Å²) in [5, 5.41) is 6.92. The molecule has 6 nitrogen and oxygen atoms in total. The highest BCUT2D eigenvalue weighted by Gasteiger charge is 2.28. The number of aliphatic imine (C=N–C) groups is 1. The van der Waals surface area contributed by atoms with E-state index in [9.17, 15) is 0 Å². The van der Waals surface area contributed by atoms with Crippen LogP contribution in [0.4, 0.5) is 0 Å². The van der Waals surface area contributed by atoms with Gasteiger partial charge >= 0.3 is 0 Å². The first-order valence-corrected chi connectivity index (χ1v) is 11.1. The van der Waals surface area contributed by atoms with Crippen LogP contribution in [0.2, 0.25) is 0 Å². The van der Waals surface area contributed by atoms with E-state index in [1.54, 1.807) is 0 Å². The van der Waals surface area contributed by atoms with Crippen molar-refractivity contribution in [1.29, 1.82) is 0 Å². The van der Waals surface area contributed by atoms with Crippen LogP contribution in [0, 0.1) is 0 Å². The second kappa shape index (κ2) is 11.9. The largest absolute Gasteiger partial charge is 0.379 e. The van der Waals surface area contributed by atoms with Crippen LogP contribution >= 0.6 is 0 Å². The van der Waals surface area contributed by atoms with Crippen LogP contribution in [-0.4, -0.2) is 86.9 Å². The molecule has 6 heteroatoms. The number of guanidine groups is 1. The van der Waals surface area contributed by atoms with Crippen molar-refractivity contribution in [2.45, 2.75) is 70.9 Å². The summed E-state index contributed by atoms with van der Waals surface area (Å²) in [7, 11) is 2.29. The maximum Gasteiger partial charge on any atom is 0.191 e. The molecule has 1 aliphatic carbocycles.